The van der Waals surface area contributed by atoms with Gasteiger partial charge in [-0.1, -0.05) is 303 Å². The Hall–Kier alpha value is -10.1. The lowest BCUT2D eigenvalue weighted by atomic mass is 9.50. The Morgan fingerprint density at radius 1 is 0.486 bits per heavy atom. The van der Waals surface area contributed by atoms with Crippen molar-refractivity contribution in [2.45, 2.75) is 176 Å². The molecule has 13 heteroatoms. The molecule has 11 nitrogen and oxygen atoms in total. The van der Waals surface area contributed by atoms with Crippen LogP contribution in [0.4, 0.5) is 0 Å². The van der Waals surface area contributed by atoms with Crippen molar-refractivity contribution in [3.05, 3.63) is 251 Å². The topological polar surface area (TPSA) is 129 Å². The van der Waals surface area contributed by atoms with Crippen molar-refractivity contribution in [2.24, 2.45) is 57.2 Å². The van der Waals surface area contributed by atoms with Crippen molar-refractivity contribution in [3.8, 4) is 40.1 Å². The predicted octanol–water partition coefficient (Wildman–Crippen LogP) is 20.8. The van der Waals surface area contributed by atoms with Gasteiger partial charge in [0.2, 0.25) is 11.8 Å². The van der Waals surface area contributed by atoms with Gasteiger partial charge in [-0.15, -0.1) is 0 Å². The number of aliphatic hydroxyl groups excluding tert-OH is 1. The molecule has 0 aliphatic heterocycles. The van der Waals surface area contributed by atoms with Gasteiger partial charge in [-0.3, -0.25) is 0 Å². The molecule has 0 saturated heterocycles. The van der Waals surface area contributed by atoms with Gasteiger partial charge in [-0.2, -0.15) is 5.26 Å². The second-order valence-electron chi connectivity index (χ2n) is 36.8. The van der Waals surface area contributed by atoms with E-state index in [-0.39, 0.29) is 63.2 Å². The van der Waals surface area contributed by atoms with Crippen LogP contribution in [0, 0.1) is 82.0 Å². The molecular weight excluding hydrogens is 1360 g/mol. The van der Waals surface area contributed by atoms with Crippen LogP contribution < -0.4 is 42.0 Å². The maximum Gasteiger partial charge on any atom is 0.328 e. The van der Waals surface area contributed by atoms with Crippen LogP contribution in [0.15, 0.2) is 215 Å². The third kappa shape index (κ3) is 19.5. The van der Waals surface area contributed by atoms with E-state index in [0.29, 0.717) is 109 Å². The fourth-order valence-corrected chi connectivity index (χ4v) is 17.7. The molecular formula is C98H114B2N6O5. The number of aryl methyl sites for hydroxylation is 1. The number of hydrogen-bond acceptors (Lipinski definition) is 8. The standard InChI is InChI=1S/C98H114B2N6O5/c1-65-47-51-84-82(53-65)104-94(111-84)88(102-18)92-87-86(89(106(92)100(77-39-27-21-28-40-77)78-41-29-22-30-42-78)71-33-31-43-79(55-71)108-63-73(68(4)59-97(12,13)14)49-45-66(2)57-95(6,7)8)91(81(61-101)93-103-83-54-70(62-107)48-52-85(83)110-93)105(99(75-35-23-19-24-36-75)76-37-25-20-26-38-76)90(87)72-34-32-44-80(56-72)109-64-74(69(5)60-98(15,16)17)50-46-67(3)58-96(9,10)11/h19-44,47-48,51-56,66-69,73-74,107H,45-46,49-50,57-60,62-64H2,1-17H3/b91-81-,92-88+. The third-order valence-electron chi connectivity index (χ3n) is 22.0. The molecule has 0 radical (unpaired) electrons. The lowest BCUT2D eigenvalue weighted by Crippen LogP contribution is -2.54. The predicted molar refractivity (Wildman–Crippen MR) is 462 cm³/mol. The summed E-state index contributed by atoms with van der Waals surface area (Å²) in [5, 5.41) is 25.8. The number of nitrogens with zero attached hydrogens (tertiary/aromatic N) is 6. The average molecular weight is 1480 g/mol. The second-order valence-corrected chi connectivity index (χ2v) is 36.8. The zero-order valence-electron chi connectivity index (χ0n) is 68.8. The number of benzene rings is 8. The van der Waals surface area contributed by atoms with Crippen LogP contribution >= 0.6 is 0 Å². The molecule has 6 atom stereocenters. The summed E-state index contributed by atoms with van der Waals surface area (Å²) in [6.07, 6.45) is 8.59. The Morgan fingerprint density at radius 3 is 1.30 bits per heavy atom. The Balaban J connectivity index is 1.28. The number of aromatic nitrogens is 4. The molecule has 6 unspecified atom stereocenters. The minimum absolute atomic E-state index is 0.0786. The van der Waals surface area contributed by atoms with Gasteiger partial charge < -0.3 is 32.4 Å². The zero-order chi connectivity index (χ0) is 79.1. The number of ether oxygens (including phenoxy) is 2. The molecule has 0 saturated carbocycles. The van der Waals surface area contributed by atoms with Crippen LogP contribution in [0.1, 0.15) is 185 Å². The highest BCUT2D eigenvalue weighted by molar-refractivity contribution is 6.85. The summed E-state index contributed by atoms with van der Waals surface area (Å²) in [6.45, 7) is 49.2. The zero-order valence-corrected chi connectivity index (χ0v) is 68.8. The van der Waals surface area contributed by atoms with Crippen LogP contribution in [0.5, 0.6) is 11.5 Å². The molecule has 12 aromatic rings. The highest BCUT2D eigenvalue weighted by Crippen LogP contribution is 2.42. The molecule has 0 amide bonds. The van der Waals surface area contributed by atoms with Crippen molar-refractivity contribution >= 4 is 79.8 Å². The largest absolute Gasteiger partial charge is 0.493 e. The molecule has 0 bridgehead atoms. The van der Waals surface area contributed by atoms with Crippen molar-refractivity contribution in [2.75, 3.05) is 13.2 Å². The van der Waals surface area contributed by atoms with Crippen molar-refractivity contribution < 1.29 is 23.4 Å². The van der Waals surface area contributed by atoms with E-state index in [1.54, 1.807) is 0 Å². The van der Waals surface area contributed by atoms with Crippen LogP contribution in [0.2, 0.25) is 0 Å². The van der Waals surface area contributed by atoms with Crippen LogP contribution in [-0.2, 0) is 6.61 Å². The fraction of sp³-hybridized carbons (Fsp3) is 0.388. The summed E-state index contributed by atoms with van der Waals surface area (Å²) < 4.78 is 33.4. The normalized spacial score (nSPS) is 14.5. The maximum absolute atomic E-state index is 12.8. The Bertz CT molecular complexity index is 5210. The van der Waals surface area contributed by atoms with Gasteiger partial charge in [0, 0.05) is 33.3 Å². The van der Waals surface area contributed by atoms with E-state index in [1.807, 2.05) is 67.6 Å². The van der Waals surface area contributed by atoms with Crippen molar-refractivity contribution in [3.63, 3.8) is 0 Å². The lowest BCUT2D eigenvalue weighted by molar-refractivity contribution is 0.147. The molecule has 111 heavy (non-hydrogen) atoms. The molecule has 0 aliphatic carbocycles. The van der Waals surface area contributed by atoms with Crippen LogP contribution in [0.3, 0.4) is 0 Å². The van der Waals surface area contributed by atoms with E-state index >= 15 is 0 Å². The van der Waals surface area contributed by atoms with Gasteiger partial charge in [0.05, 0.1) is 37.1 Å². The lowest BCUT2D eigenvalue weighted by Gasteiger charge is -2.31. The Labute approximate surface area is 660 Å². The SMILES string of the molecule is [C-]#[N+]/C(c1nc2cc(C)ccc2o1)=c1\c2c(-c3cccc(OCC(CCC(C)CC(C)(C)C)C(C)CC(C)(C)C)c3)n(B(c3ccccc3)c3ccccc3)/c(=C(/C#N)c3nc4cc(CO)ccc4o3)c2c(-c2cccc(OCC(CCC(C)CC(C)(C)C)C(C)CC(C)(C)C)c2)n1B(c1ccccc1)c1ccccc1. The first-order valence-corrected chi connectivity index (χ1v) is 40.3. The summed E-state index contributed by atoms with van der Waals surface area (Å²) in [7, 11) is 0. The van der Waals surface area contributed by atoms with Crippen LogP contribution in [0.25, 0.3) is 71.6 Å². The molecule has 8 aromatic carbocycles. The van der Waals surface area contributed by atoms with Crippen molar-refractivity contribution in [1.29, 1.82) is 5.26 Å². The average Bonchev–Trinajstić information content (AvgIpc) is 1.52. The quantitative estimate of drug-likeness (QED) is 0.0363. The minimum atomic E-state index is -0.675. The number of hydrogen-bond donors (Lipinski definition) is 1. The molecule has 572 valence electrons. The fourth-order valence-electron chi connectivity index (χ4n) is 17.7. The third-order valence-corrected chi connectivity index (χ3v) is 22.0. The number of oxazole rings is 2. The monoisotopic (exact) mass is 1480 g/mol. The number of fused-ring (bicyclic) bond motifs is 3. The van der Waals surface area contributed by atoms with Gasteiger partial charge in [-0.05, 0) is 162 Å². The van der Waals surface area contributed by atoms with Gasteiger partial charge >= 0.3 is 13.7 Å². The highest BCUT2D eigenvalue weighted by atomic mass is 16.5. The summed E-state index contributed by atoms with van der Waals surface area (Å²) in [5.74, 6) is 3.89. The molecule has 12 rings (SSSR count). The number of nitriles is 1. The maximum atomic E-state index is 12.8. The van der Waals surface area contributed by atoms with E-state index in [1.165, 1.54) is 0 Å². The van der Waals surface area contributed by atoms with Gasteiger partial charge in [0.1, 0.15) is 34.2 Å². The number of rotatable bonds is 29. The molecule has 1 N–H and O–H groups in total. The highest BCUT2D eigenvalue weighted by Gasteiger charge is 2.39. The first kappa shape index (κ1) is 80.4. The first-order valence-electron chi connectivity index (χ1n) is 40.3. The summed E-state index contributed by atoms with van der Waals surface area (Å²) in [5.41, 5.74) is 11.3. The molecule has 0 fully saturated rings. The molecule has 0 aliphatic rings. The smallest absolute Gasteiger partial charge is 0.328 e. The molecule has 4 aromatic heterocycles. The van der Waals surface area contributed by atoms with E-state index < -0.39 is 13.7 Å². The van der Waals surface area contributed by atoms with Gasteiger partial charge in [-0.25, -0.2) is 14.8 Å². The minimum Gasteiger partial charge on any atom is -0.493 e. The van der Waals surface area contributed by atoms with Gasteiger partial charge in [0.15, 0.2) is 11.2 Å². The summed E-state index contributed by atoms with van der Waals surface area (Å²) >= 11 is 0. The summed E-state index contributed by atoms with van der Waals surface area (Å²) in [4.78, 5) is 15.4. The van der Waals surface area contributed by atoms with E-state index in [0.717, 1.165) is 89.9 Å². The van der Waals surface area contributed by atoms with Crippen molar-refractivity contribution in [1.82, 2.24) is 18.9 Å². The van der Waals surface area contributed by atoms with Gasteiger partial charge in [0.25, 0.3) is 5.70 Å². The first-order chi connectivity index (χ1) is 52.9. The van der Waals surface area contributed by atoms with Crippen LogP contribution in [-0.4, -0.2) is 50.9 Å². The Morgan fingerprint density at radius 2 is 0.883 bits per heavy atom. The van der Waals surface area contributed by atoms with E-state index in [9.17, 15) is 16.9 Å². The van der Waals surface area contributed by atoms with E-state index in [4.69, 9.17) is 33.1 Å². The summed E-state index contributed by atoms with van der Waals surface area (Å²) in [6, 6.07) is 73.1. The molecule has 0 spiro atoms. The molecule has 4 heterocycles. The Kier molecular flexibility index (Phi) is 24.8. The van der Waals surface area contributed by atoms with E-state index in [2.05, 4.69) is 271 Å². The second kappa shape index (κ2) is 34.3. The number of aliphatic hydroxyl groups is 1.